The summed E-state index contributed by atoms with van der Waals surface area (Å²) in [7, 11) is 1.40. The van der Waals surface area contributed by atoms with Crippen molar-refractivity contribution in [3.63, 3.8) is 0 Å². The molecule has 0 saturated heterocycles. The van der Waals surface area contributed by atoms with Gasteiger partial charge in [0.15, 0.2) is 0 Å². The van der Waals surface area contributed by atoms with Gasteiger partial charge in [0.25, 0.3) is 0 Å². The van der Waals surface area contributed by atoms with Crippen LogP contribution in [-0.4, -0.2) is 37.9 Å². The van der Waals surface area contributed by atoms with Crippen molar-refractivity contribution < 1.29 is 19.4 Å². The Bertz CT molecular complexity index is 930. The van der Waals surface area contributed by atoms with Gasteiger partial charge in [-0.25, -0.2) is 4.79 Å². The predicted octanol–water partition coefficient (Wildman–Crippen LogP) is 4.87. The lowest BCUT2D eigenvalue weighted by Crippen LogP contribution is -2.40. The van der Waals surface area contributed by atoms with Gasteiger partial charge < -0.3 is 19.5 Å². The summed E-state index contributed by atoms with van der Waals surface area (Å²) in [6, 6.07) is 11.5. The summed E-state index contributed by atoms with van der Waals surface area (Å²) in [5.74, 6) is 1.22. The maximum atomic E-state index is 12.2. The Labute approximate surface area is 188 Å². The van der Waals surface area contributed by atoms with Gasteiger partial charge in [-0.1, -0.05) is 17.7 Å². The lowest BCUT2D eigenvalue weighted by atomic mass is 9.74. The predicted molar refractivity (Wildman–Crippen MR) is 122 cm³/mol. The number of fused-ring (bicyclic) bond motifs is 2. The highest BCUT2D eigenvalue weighted by Crippen LogP contribution is 2.38. The number of methoxy groups -OCH3 is 1. The molecular weight excluding hydrogens is 414 g/mol. The minimum atomic E-state index is -0.353. The number of rotatable bonds is 4. The van der Waals surface area contributed by atoms with E-state index in [9.17, 15) is 9.90 Å². The average molecular weight is 444 g/mol. The highest BCUT2D eigenvalue weighted by Gasteiger charge is 2.32. The van der Waals surface area contributed by atoms with Crippen LogP contribution < -0.4 is 9.64 Å². The molecule has 0 bridgehead atoms. The fourth-order valence-corrected chi connectivity index (χ4v) is 4.78. The van der Waals surface area contributed by atoms with Crippen LogP contribution in [0.15, 0.2) is 36.4 Å². The quantitative estimate of drug-likeness (QED) is 0.683. The SMILES string of the molecule is COC(=O)c1ccc2c(c1)N(CC1CCC1CO)CCCCc1cc(Cl)ccc1CO2. The largest absolute Gasteiger partial charge is 0.487 e. The van der Waals surface area contributed by atoms with Gasteiger partial charge in [0, 0.05) is 24.7 Å². The molecule has 2 unspecified atom stereocenters. The van der Waals surface area contributed by atoms with Crippen LogP contribution >= 0.6 is 11.6 Å². The number of ether oxygens (including phenoxy) is 2. The van der Waals surface area contributed by atoms with Crippen LogP contribution in [0.25, 0.3) is 0 Å². The zero-order valence-electron chi connectivity index (χ0n) is 18.0. The molecular formula is C25H30ClNO4. The van der Waals surface area contributed by atoms with Crippen molar-refractivity contribution >= 4 is 23.3 Å². The van der Waals surface area contributed by atoms with Crippen LogP contribution in [0.3, 0.4) is 0 Å². The van der Waals surface area contributed by atoms with Gasteiger partial charge in [-0.05, 0) is 85.4 Å². The number of carbonyl (C=O) groups excluding carboxylic acids is 1. The lowest BCUT2D eigenvalue weighted by molar-refractivity contribution is 0.0600. The van der Waals surface area contributed by atoms with E-state index in [1.54, 1.807) is 6.07 Å². The summed E-state index contributed by atoms with van der Waals surface area (Å²) in [6.45, 7) is 2.41. The standard InChI is InChI=1S/C25H30ClNO4/c1-30-25(29)18-8-10-24-23(13-18)27(14-19-5-6-20(19)15-28)11-3-2-4-17-12-22(26)9-7-21(17)16-31-24/h7-10,12-13,19-20,28H,2-6,11,14-16H2,1H3. The van der Waals surface area contributed by atoms with Crippen LogP contribution in [0.4, 0.5) is 5.69 Å². The molecule has 31 heavy (non-hydrogen) atoms. The molecule has 1 heterocycles. The smallest absolute Gasteiger partial charge is 0.337 e. The molecule has 1 aliphatic heterocycles. The number of aliphatic hydroxyl groups is 1. The minimum Gasteiger partial charge on any atom is -0.487 e. The maximum Gasteiger partial charge on any atom is 0.337 e. The van der Waals surface area contributed by atoms with Crippen LogP contribution in [0.2, 0.25) is 5.02 Å². The van der Waals surface area contributed by atoms with Crippen LogP contribution in [0.5, 0.6) is 5.75 Å². The normalized spacial score (nSPS) is 21.1. The van der Waals surface area contributed by atoms with Gasteiger partial charge in [-0.15, -0.1) is 0 Å². The molecule has 1 fully saturated rings. The summed E-state index contributed by atoms with van der Waals surface area (Å²) >= 11 is 6.23. The van der Waals surface area contributed by atoms with Gasteiger partial charge in [-0.2, -0.15) is 0 Å². The maximum absolute atomic E-state index is 12.2. The molecule has 166 valence electrons. The third kappa shape index (κ3) is 4.99. The topological polar surface area (TPSA) is 59.0 Å². The van der Waals surface area contributed by atoms with Crippen molar-refractivity contribution in [2.45, 2.75) is 38.7 Å². The molecule has 4 rings (SSSR count). The average Bonchev–Trinajstić information content (AvgIpc) is 2.79. The second kappa shape index (κ2) is 9.92. The molecule has 2 aromatic rings. The number of hydrogen-bond acceptors (Lipinski definition) is 5. The monoisotopic (exact) mass is 443 g/mol. The van der Waals surface area contributed by atoms with E-state index < -0.39 is 0 Å². The summed E-state index contributed by atoms with van der Waals surface area (Å²) < 4.78 is 11.2. The Morgan fingerprint density at radius 2 is 2.00 bits per heavy atom. The Balaban J connectivity index is 1.67. The van der Waals surface area contributed by atoms with E-state index in [2.05, 4.69) is 4.90 Å². The number of carbonyl (C=O) groups is 1. The molecule has 5 nitrogen and oxygen atoms in total. The number of nitrogens with zero attached hydrogens (tertiary/aromatic N) is 1. The van der Waals surface area contributed by atoms with Crippen LogP contribution in [-0.2, 0) is 17.8 Å². The number of hydrogen-bond donors (Lipinski definition) is 1. The Morgan fingerprint density at radius 3 is 2.74 bits per heavy atom. The fourth-order valence-electron chi connectivity index (χ4n) is 4.58. The Morgan fingerprint density at radius 1 is 1.16 bits per heavy atom. The molecule has 0 amide bonds. The van der Waals surface area contributed by atoms with Gasteiger partial charge in [-0.3, -0.25) is 0 Å². The van der Waals surface area contributed by atoms with E-state index in [-0.39, 0.29) is 12.6 Å². The van der Waals surface area contributed by atoms with Crippen LogP contribution in [0, 0.1) is 11.8 Å². The lowest BCUT2D eigenvalue weighted by Gasteiger charge is -2.40. The van der Waals surface area contributed by atoms with Crippen LogP contribution in [0.1, 0.15) is 47.2 Å². The molecule has 2 aliphatic rings. The molecule has 1 aliphatic carbocycles. The molecule has 6 heteroatoms. The first-order chi connectivity index (χ1) is 15.1. The first-order valence-corrected chi connectivity index (χ1v) is 11.4. The number of anilines is 1. The summed E-state index contributed by atoms with van der Waals surface area (Å²) in [5, 5.41) is 10.4. The molecule has 1 saturated carbocycles. The number of esters is 1. The van der Waals surface area contributed by atoms with Gasteiger partial charge in [0.2, 0.25) is 0 Å². The molecule has 2 aromatic carbocycles. The highest BCUT2D eigenvalue weighted by molar-refractivity contribution is 6.30. The number of halogens is 1. The van der Waals surface area contributed by atoms with E-state index in [1.165, 1.54) is 12.7 Å². The van der Waals surface area contributed by atoms with E-state index in [4.69, 9.17) is 21.1 Å². The summed E-state index contributed by atoms with van der Waals surface area (Å²) in [4.78, 5) is 14.5. The zero-order valence-corrected chi connectivity index (χ0v) is 18.7. The van der Waals surface area contributed by atoms with Crippen molar-refractivity contribution in [1.29, 1.82) is 0 Å². The molecule has 0 radical (unpaired) electrons. The van der Waals surface area contributed by atoms with Crippen molar-refractivity contribution in [3.05, 3.63) is 58.1 Å². The number of benzene rings is 2. The van der Waals surface area contributed by atoms with Crippen molar-refractivity contribution in [2.75, 3.05) is 31.7 Å². The third-order valence-corrected chi connectivity index (χ3v) is 6.90. The molecule has 0 aromatic heterocycles. The van der Waals surface area contributed by atoms with Gasteiger partial charge in [0.1, 0.15) is 12.4 Å². The molecule has 0 spiro atoms. The molecule has 2 atom stereocenters. The molecule has 1 N–H and O–H groups in total. The number of aryl methyl sites for hydroxylation is 1. The third-order valence-electron chi connectivity index (χ3n) is 6.66. The van der Waals surface area contributed by atoms with E-state index in [1.807, 2.05) is 30.3 Å². The second-order valence-corrected chi connectivity index (χ2v) is 9.00. The summed E-state index contributed by atoms with van der Waals surface area (Å²) in [5.41, 5.74) is 3.81. The van der Waals surface area contributed by atoms with Crippen molar-refractivity contribution in [3.8, 4) is 5.75 Å². The van der Waals surface area contributed by atoms with E-state index in [0.29, 0.717) is 24.0 Å². The Kier molecular flexibility index (Phi) is 7.03. The highest BCUT2D eigenvalue weighted by atomic mass is 35.5. The second-order valence-electron chi connectivity index (χ2n) is 8.56. The number of aliphatic hydroxyl groups excluding tert-OH is 1. The Hall–Kier alpha value is -2.24. The fraction of sp³-hybridized carbons (Fsp3) is 0.480. The van der Waals surface area contributed by atoms with Gasteiger partial charge >= 0.3 is 5.97 Å². The summed E-state index contributed by atoms with van der Waals surface area (Å²) in [6.07, 6.45) is 5.23. The minimum absolute atomic E-state index is 0.236. The first kappa shape index (κ1) is 22.0. The first-order valence-electron chi connectivity index (χ1n) is 11.1. The van der Waals surface area contributed by atoms with E-state index >= 15 is 0 Å². The van der Waals surface area contributed by atoms with E-state index in [0.717, 1.165) is 67.2 Å². The van der Waals surface area contributed by atoms with Crippen molar-refractivity contribution in [1.82, 2.24) is 0 Å². The van der Waals surface area contributed by atoms with Crippen molar-refractivity contribution in [2.24, 2.45) is 11.8 Å². The van der Waals surface area contributed by atoms with Gasteiger partial charge in [0.05, 0.1) is 18.4 Å². The zero-order chi connectivity index (χ0) is 21.8.